The monoisotopic (exact) mass is 328 g/mol. The highest BCUT2D eigenvalue weighted by Gasteiger charge is 2.08. The van der Waals surface area contributed by atoms with E-state index in [-0.39, 0.29) is 0 Å². The van der Waals surface area contributed by atoms with E-state index in [1.807, 2.05) is 18.3 Å². The van der Waals surface area contributed by atoms with Gasteiger partial charge in [-0.2, -0.15) is 0 Å². The van der Waals surface area contributed by atoms with Crippen molar-refractivity contribution in [3.63, 3.8) is 0 Å². The topological polar surface area (TPSA) is 27.8 Å². The van der Waals surface area contributed by atoms with Gasteiger partial charge in [0.25, 0.3) is 0 Å². The molecule has 108 valence electrons. The second kappa shape index (κ2) is 7.41. The maximum absolute atomic E-state index is 6.14. The van der Waals surface area contributed by atoms with Gasteiger partial charge in [0.2, 0.25) is 0 Å². The lowest BCUT2D eigenvalue weighted by molar-refractivity contribution is 0.586. The van der Waals surface area contributed by atoms with Gasteiger partial charge in [-0.25, -0.2) is 0 Å². The van der Waals surface area contributed by atoms with Gasteiger partial charge in [0, 0.05) is 40.1 Å². The van der Waals surface area contributed by atoms with Gasteiger partial charge in [0.15, 0.2) is 0 Å². The van der Waals surface area contributed by atoms with E-state index in [1.165, 1.54) is 11.3 Å². The van der Waals surface area contributed by atoms with Crippen molar-refractivity contribution in [3.8, 4) is 0 Å². The highest BCUT2D eigenvalue weighted by Crippen LogP contribution is 2.29. The van der Waals surface area contributed by atoms with Crippen molar-refractivity contribution in [2.45, 2.75) is 24.8 Å². The zero-order valence-electron chi connectivity index (χ0n) is 11.5. The van der Waals surface area contributed by atoms with E-state index in [0.717, 1.165) is 22.2 Å². The molecule has 0 aliphatic heterocycles. The molecule has 20 heavy (non-hydrogen) atoms. The highest BCUT2D eigenvalue weighted by molar-refractivity contribution is 7.99. The average Bonchev–Trinajstić information content (AvgIpc) is 2.83. The molecule has 1 unspecified atom stereocenters. The molecule has 1 heterocycles. The fourth-order valence-electron chi connectivity index (χ4n) is 2.06. The zero-order chi connectivity index (χ0) is 14.5. The minimum absolute atomic E-state index is 0.325. The third kappa shape index (κ3) is 4.19. The number of aryl methyl sites for hydroxylation is 1. The molecule has 1 aromatic carbocycles. The van der Waals surface area contributed by atoms with Crippen LogP contribution in [-0.2, 0) is 0 Å². The summed E-state index contributed by atoms with van der Waals surface area (Å²) in [5.74, 6) is 0.964. The van der Waals surface area contributed by atoms with Crippen LogP contribution in [0.2, 0.25) is 10.0 Å². The van der Waals surface area contributed by atoms with Gasteiger partial charge in [-0.05, 0) is 43.7 Å². The summed E-state index contributed by atoms with van der Waals surface area (Å²) in [6.45, 7) is 5.20. The third-order valence-corrected chi connectivity index (χ3v) is 4.87. The standard InChI is InChI=1S/C15H18Cl2N2S/c1-10-5-6-19-15(10)11(2)18-7-8-20-14-4-3-12(16)9-13(14)17/h3-6,9,11,18-19H,7-8H2,1-2H3. The number of H-pyrrole nitrogens is 1. The molecule has 0 aliphatic carbocycles. The average molecular weight is 329 g/mol. The van der Waals surface area contributed by atoms with Crippen molar-refractivity contribution in [2.75, 3.05) is 12.3 Å². The molecular weight excluding hydrogens is 311 g/mol. The molecule has 1 aromatic heterocycles. The number of hydrogen-bond donors (Lipinski definition) is 2. The number of aromatic nitrogens is 1. The Balaban J connectivity index is 1.78. The van der Waals surface area contributed by atoms with Crippen LogP contribution in [0.5, 0.6) is 0 Å². The Bertz CT molecular complexity index is 569. The SMILES string of the molecule is Cc1cc[nH]c1C(C)NCCSc1ccc(Cl)cc1Cl. The fourth-order valence-corrected chi connectivity index (χ4v) is 3.43. The molecule has 0 aliphatic rings. The van der Waals surface area contributed by atoms with Gasteiger partial charge in [-0.3, -0.25) is 0 Å². The Hall–Kier alpha value is -0.610. The third-order valence-electron chi connectivity index (χ3n) is 3.13. The molecule has 2 N–H and O–H groups in total. The Kier molecular flexibility index (Phi) is 5.85. The fraction of sp³-hybridized carbons (Fsp3) is 0.333. The maximum atomic E-state index is 6.14. The Labute approximate surface area is 134 Å². The van der Waals surface area contributed by atoms with Gasteiger partial charge in [0.05, 0.1) is 5.02 Å². The molecule has 2 nitrogen and oxygen atoms in total. The van der Waals surface area contributed by atoms with Crippen LogP contribution in [0.15, 0.2) is 35.4 Å². The van der Waals surface area contributed by atoms with Crippen molar-refractivity contribution in [3.05, 3.63) is 51.8 Å². The molecule has 2 rings (SSSR count). The Morgan fingerprint density at radius 2 is 2.10 bits per heavy atom. The second-order valence-corrected chi connectivity index (χ2v) is 6.65. The van der Waals surface area contributed by atoms with Gasteiger partial charge in [0.1, 0.15) is 0 Å². The summed E-state index contributed by atoms with van der Waals surface area (Å²) in [6.07, 6.45) is 1.98. The number of benzene rings is 1. The van der Waals surface area contributed by atoms with Crippen LogP contribution in [0.25, 0.3) is 0 Å². The van der Waals surface area contributed by atoms with Crippen LogP contribution in [0.1, 0.15) is 24.2 Å². The van der Waals surface area contributed by atoms with E-state index in [4.69, 9.17) is 23.2 Å². The first-order valence-electron chi connectivity index (χ1n) is 6.53. The van der Waals surface area contributed by atoms with Crippen molar-refractivity contribution < 1.29 is 0 Å². The summed E-state index contributed by atoms with van der Waals surface area (Å²) in [5.41, 5.74) is 2.54. The van der Waals surface area contributed by atoms with Crippen LogP contribution in [0, 0.1) is 6.92 Å². The lowest BCUT2D eigenvalue weighted by Gasteiger charge is -2.14. The summed E-state index contributed by atoms with van der Waals surface area (Å²) in [4.78, 5) is 4.34. The van der Waals surface area contributed by atoms with Crippen molar-refractivity contribution in [2.24, 2.45) is 0 Å². The minimum Gasteiger partial charge on any atom is -0.363 e. The second-order valence-electron chi connectivity index (χ2n) is 4.67. The van der Waals surface area contributed by atoms with E-state index in [9.17, 15) is 0 Å². The first kappa shape index (κ1) is 15.8. The molecule has 0 saturated carbocycles. The number of hydrogen-bond acceptors (Lipinski definition) is 2. The van der Waals surface area contributed by atoms with Gasteiger partial charge in [-0.1, -0.05) is 23.2 Å². The number of aromatic amines is 1. The van der Waals surface area contributed by atoms with E-state index in [0.29, 0.717) is 11.1 Å². The molecule has 1 atom stereocenters. The summed E-state index contributed by atoms with van der Waals surface area (Å²) >= 11 is 13.8. The summed E-state index contributed by atoms with van der Waals surface area (Å²) in [5, 5.41) is 4.90. The van der Waals surface area contributed by atoms with E-state index in [2.05, 4.69) is 30.2 Å². The predicted molar refractivity (Wildman–Crippen MR) is 89.1 cm³/mol. The smallest absolute Gasteiger partial charge is 0.0556 e. The van der Waals surface area contributed by atoms with E-state index < -0.39 is 0 Å². The molecule has 5 heteroatoms. The van der Waals surface area contributed by atoms with Crippen LogP contribution in [-0.4, -0.2) is 17.3 Å². The van der Waals surface area contributed by atoms with Crippen LogP contribution >= 0.6 is 35.0 Å². The number of nitrogens with one attached hydrogen (secondary N) is 2. The minimum atomic E-state index is 0.325. The van der Waals surface area contributed by atoms with Gasteiger partial charge >= 0.3 is 0 Å². The van der Waals surface area contributed by atoms with Crippen LogP contribution < -0.4 is 5.32 Å². The van der Waals surface area contributed by atoms with Crippen molar-refractivity contribution in [1.82, 2.24) is 10.3 Å². The van der Waals surface area contributed by atoms with Crippen LogP contribution in [0.4, 0.5) is 0 Å². The molecule has 0 fully saturated rings. The summed E-state index contributed by atoms with van der Waals surface area (Å²) in [6, 6.07) is 8.04. The molecular formula is C15H18Cl2N2S. The molecule has 0 amide bonds. The van der Waals surface area contributed by atoms with Crippen molar-refractivity contribution >= 4 is 35.0 Å². The molecule has 0 bridgehead atoms. The summed E-state index contributed by atoms with van der Waals surface area (Å²) in [7, 11) is 0. The highest BCUT2D eigenvalue weighted by atomic mass is 35.5. The molecule has 0 radical (unpaired) electrons. The first-order chi connectivity index (χ1) is 9.58. The normalized spacial score (nSPS) is 12.6. The quantitative estimate of drug-likeness (QED) is 0.572. The zero-order valence-corrected chi connectivity index (χ0v) is 13.9. The van der Waals surface area contributed by atoms with Gasteiger partial charge < -0.3 is 10.3 Å². The Morgan fingerprint density at radius 1 is 1.30 bits per heavy atom. The van der Waals surface area contributed by atoms with Crippen molar-refractivity contribution in [1.29, 1.82) is 0 Å². The lowest BCUT2D eigenvalue weighted by atomic mass is 10.1. The first-order valence-corrected chi connectivity index (χ1v) is 8.27. The predicted octanol–water partition coefficient (Wildman–Crippen LogP) is 5.07. The Morgan fingerprint density at radius 3 is 2.75 bits per heavy atom. The number of rotatable bonds is 6. The number of thioether (sulfide) groups is 1. The van der Waals surface area contributed by atoms with E-state index >= 15 is 0 Å². The molecule has 0 spiro atoms. The molecule has 0 saturated heterocycles. The number of halogens is 2. The van der Waals surface area contributed by atoms with E-state index in [1.54, 1.807) is 17.8 Å². The summed E-state index contributed by atoms with van der Waals surface area (Å²) < 4.78 is 0. The lowest BCUT2D eigenvalue weighted by Crippen LogP contribution is -2.22. The molecule has 2 aromatic rings. The van der Waals surface area contributed by atoms with Crippen LogP contribution in [0.3, 0.4) is 0 Å². The largest absolute Gasteiger partial charge is 0.363 e. The maximum Gasteiger partial charge on any atom is 0.0556 e. The van der Waals surface area contributed by atoms with Gasteiger partial charge in [-0.15, -0.1) is 11.8 Å².